The quantitative estimate of drug-likeness (QED) is 0.504. The smallest absolute Gasteiger partial charge is 0.254 e. The van der Waals surface area contributed by atoms with Crippen molar-refractivity contribution in [3.63, 3.8) is 0 Å². The first-order valence-electron chi connectivity index (χ1n) is 9.33. The molecule has 0 saturated carbocycles. The molecule has 150 valence electrons. The molecule has 1 amide bonds. The highest BCUT2D eigenvalue weighted by molar-refractivity contribution is 5.98. The van der Waals surface area contributed by atoms with Crippen molar-refractivity contribution in [3.8, 4) is 0 Å². The van der Waals surface area contributed by atoms with Crippen molar-refractivity contribution in [2.45, 2.75) is 19.4 Å². The highest BCUT2D eigenvalue weighted by atomic mass is 16.5. The van der Waals surface area contributed by atoms with Crippen LogP contribution in [0.1, 0.15) is 22.8 Å². The Hall–Kier alpha value is -2.91. The SMILES string of the molecule is CCOC[C@H](N)CNc1ncc(C(N)=O)c(Nc2cccc3c2CCN3C)n1. The van der Waals surface area contributed by atoms with Crippen molar-refractivity contribution < 1.29 is 9.53 Å². The molecule has 1 aromatic heterocycles. The minimum atomic E-state index is -0.591. The number of ether oxygens (including phenoxy) is 1. The molecule has 0 aliphatic carbocycles. The summed E-state index contributed by atoms with van der Waals surface area (Å²) < 4.78 is 5.30. The van der Waals surface area contributed by atoms with Crippen LogP contribution in [0.2, 0.25) is 0 Å². The molecule has 28 heavy (non-hydrogen) atoms. The van der Waals surface area contributed by atoms with E-state index in [1.165, 1.54) is 17.4 Å². The Bertz CT molecular complexity index is 843. The third-order valence-electron chi connectivity index (χ3n) is 4.63. The number of nitrogens with zero attached hydrogens (tertiary/aromatic N) is 3. The molecule has 0 spiro atoms. The van der Waals surface area contributed by atoms with Crippen molar-refractivity contribution in [1.29, 1.82) is 0 Å². The number of likely N-dealkylation sites (N-methyl/N-ethyl adjacent to an activating group) is 1. The lowest BCUT2D eigenvalue weighted by Crippen LogP contribution is -2.34. The number of aromatic nitrogens is 2. The average Bonchev–Trinajstić information content (AvgIpc) is 3.07. The van der Waals surface area contributed by atoms with Gasteiger partial charge in [0.15, 0.2) is 0 Å². The van der Waals surface area contributed by atoms with Gasteiger partial charge in [0, 0.05) is 55.9 Å². The Morgan fingerprint density at radius 3 is 3.00 bits per heavy atom. The second-order valence-corrected chi connectivity index (χ2v) is 6.72. The second kappa shape index (κ2) is 8.85. The number of primary amides is 1. The van der Waals surface area contributed by atoms with Crippen molar-refractivity contribution in [2.24, 2.45) is 11.5 Å². The molecule has 0 saturated heterocycles. The summed E-state index contributed by atoms with van der Waals surface area (Å²) in [4.78, 5) is 22.6. The largest absolute Gasteiger partial charge is 0.380 e. The third kappa shape index (κ3) is 4.49. The highest BCUT2D eigenvalue weighted by Gasteiger charge is 2.20. The van der Waals surface area contributed by atoms with Crippen LogP contribution in [-0.2, 0) is 11.2 Å². The Morgan fingerprint density at radius 1 is 1.43 bits per heavy atom. The van der Waals surface area contributed by atoms with Crippen LogP contribution in [-0.4, -0.2) is 55.3 Å². The summed E-state index contributed by atoms with van der Waals surface area (Å²) in [6.45, 7) is 4.37. The number of nitrogens with one attached hydrogen (secondary N) is 2. The molecule has 3 rings (SSSR count). The van der Waals surface area contributed by atoms with Crippen molar-refractivity contribution in [2.75, 3.05) is 48.9 Å². The summed E-state index contributed by atoms with van der Waals surface area (Å²) in [7, 11) is 2.06. The fourth-order valence-electron chi connectivity index (χ4n) is 3.13. The lowest BCUT2D eigenvalue weighted by Gasteiger charge is -2.16. The Labute approximate surface area is 164 Å². The van der Waals surface area contributed by atoms with Gasteiger partial charge < -0.3 is 31.7 Å². The summed E-state index contributed by atoms with van der Waals surface area (Å²) >= 11 is 0. The molecule has 0 radical (unpaired) electrons. The lowest BCUT2D eigenvalue weighted by molar-refractivity contribution is 0.100. The van der Waals surface area contributed by atoms with Gasteiger partial charge in [-0.25, -0.2) is 4.98 Å². The molecule has 2 aromatic rings. The van der Waals surface area contributed by atoms with Crippen LogP contribution in [0.4, 0.5) is 23.1 Å². The molecule has 1 aromatic carbocycles. The van der Waals surface area contributed by atoms with E-state index in [0.717, 1.165) is 18.7 Å². The monoisotopic (exact) mass is 385 g/mol. The molecule has 9 heteroatoms. The zero-order valence-electron chi connectivity index (χ0n) is 16.2. The van der Waals surface area contributed by atoms with E-state index in [9.17, 15) is 4.79 Å². The van der Waals surface area contributed by atoms with Crippen molar-refractivity contribution in [3.05, 3.63) is 35.5 Å². The molecule has 9 nitrogen and oxygen atoms in total. The van der Waals surface area contributed by atoms with Crippen LogP contribution in [0, 0.1) is 0 Å². The van der Waals surface area contributed by atoms with E-state index >= 15 is 0 Å². The number of carbonyl (C=O) groups excluding carboxylic acids is 1. The van der Waals surface area contributed by atoms with E-state index in [0.29, 0.717) is 31.5 Å². The van der Waals surface area contributed by atoms with E-state index in [2.05, 4.69) is 38.6 Å². The van der Waals surface area contributed by atoms with Crippen LogP contribution in [0.3, 0.4) is 0 Å². The molecular weight excluding hydrogens is 358 g/mol. The standard InChI is InChI=1S/C19H27N7O2/c1-3-28-11-12(20)9-22-19-23-10-14(17(21)27)18(25-19)24-15-5-4-6-16-13(15)7-8-26(16)2/h4-6,10,12H,3,7-9,11,20H2,1-2H3,(H2,21,27)(H2,22,23,24,25)/t12-/m1/s1. The topological polar surface area (TPSA) is 131 Å². The number of anilines is 4. The van der Waals surface area contributed by atoms with Gasteiger partial charge in [-0.2, -0.15) is 4.98 Å². The van der Waals surface area contributed by atoms with Crippen LogP contribution >= 0.6 is 0 Å². The lowest BCUT2D eigenvalue weighted by atomic mass is 10.1. The molecule has 0 unspecified atom stereocenters. The first-order valence-corrected chi connectivity index (χ1v) is 9.33. The number of benzene rings is 1. The maximum atomic E-state index is 11.8. The maximum Gasteiger partial charge on any atom is 0.254 e. The second-order valence-electron chi connectivity index (χ2n) is 6.72. The minimum Gasteiger partial charge on any atom is -0.380 e. The molecule has 1 aliphatic heterocycles. The Kier molecular flexibility index (Phi) is 6.27. The molecule has 1 aliphatic rings. The first kappa shape index (κ1) is 19.8. The molecule has 6 N–H and O–H groups in total. The number of carbonyl (C=O) groups is 1. The number of hydrogen-bond acceptors (Lipinski definition) is 8. The highest BCUT2D eigenvalue weighted by Crippen LogP contribution is 2.34. The fraction of sp³-hybridized carbons (Fsp3) is 0.421. The Morgan fingerprint density at radius 2 is 2.25 bits per heavy atom. The first-order chi connectivity index (χ1) is 13.5. The van der Waals surface area contributed by atoms with Crippen LogP contribution in [0.5, 0.6) is 0 Å². The van der Waals surface area contributed by atoms with E-state index in [-0.39, 0.29) is 11.6 Å². The van der Waals surface area contributed by atoms with Gasteiger partial charge in [0.2, 0.25) is 5.95 Å². The van der Waals surface area contributed by atoms with E-state index in [1.54, 1.807) is 0 Å². The number of hydrogen-bond donors (Lipinski definition) is 4. The molecule has 0 bridgehead atoms. The summed E-state index contributed by atoms with van der Waals surface area (Å²) in [5.41, 5.74) is 15.0. The molecular formula is C19H27N7O2. The van der Waals surface area contributed by atoms with Gasteiger partial charge >= 0.3 is 0 Å². The van der Waals surface area contributed by atoms with E-state index in [4.69, 9.17) is 16.2 Å². The predicted molar refractivity (Wildman–Crippen MR) is 110 cm³/mol. The normalized spacial score (nSPS) is 13.9. The van der Waals surface area contributed by atoms with Crippen LogP contribution < -0.4 is 27.0 Å². The van der Waals surface area contributed by atoms with Gasteiger partial charge in [0.25, 0.3) is 5.91 Å². The van der Waals surface area contributed by atoms with Gasteiger partial charge in [0.1, 0.15) is 11.4 Å². The summed E-state index contributed by atoms with van der Waals surface area (Å²) in [5.74, 6) is 0.141. The van der Waals surface area contributed by atoms with Crippen molar-refractivity contribution in [1.82, 2.24) is 9.97 Å². The molecule has 2 heterocycles. The predicted octanol–water partition coefficient (Wildman–Crippen LogP) is 1.09. The number of fused-ring (bicyclic) bond motifs is 1. The zero-order valence-corrected chi connectivity index (χ0v) is 16.2. The minimum absolute atomic E-state index is 0.191. The third-order valence-corrected chi connectivity index (χ3v) is 4.63. The van der Waals surface area contributed by atoms with Gasteiger partial charge in [-0.05, 0) is 25.5 Å². The van der Waals surface area contributed by atoms with Gasteiger partial charge in [-0.1, -0.05) is 6.07 Å². The van der Waals surface area contributed by atoms with Gasteiger partial charge in [0.05, 0.1) is 6.61 Å². The summed E-state index contributed by atoms with van der Waals surface area (Å²) in [6, 6.07) is 5.83. The van der Waals surface area contributed by atoms with E-state index < -0.39 is 5.91 Å². The van der Waals surface area contributed by atoms with Crippen LogP contribution in [0.15, 0.2) is 24.4 Å². The maximum absolute atomic E-state index is 11.8. The van der Waals surface area contributed by atoms with Crippen LogP contribution in [0.25, 0.3) is 0 Å². The number of amides is 1. The van der Waals surface area contributed by atoms with E-state index in [1.807, 2.05) is 19.1 Å². The average molecular weight is 385 g/mol. The van der Waals surface area contributed by atoms with Gasteiger partial charge in [-0.3, -0.25) is 4.79 Å². The summed E-state index contributed by atoms with van der Waals surface area (Å²) in [6.07, 6.45) is 2.34. The molecule has 0 fully saturated rings. The fourth-order valence-corrected chi connectivity index (χ4v) is 3.13. The summed E-state index contributed by atoms with van der Waals surface area (Å²) in [5, 5.41) is 6.34. The molecule has 1 atom stereocenters. The number of nitrogens with two attached hydrogens (primary N) is 2. The zero-order chi connectivity index (χ0) is 20.1. The Balaban J connectivity index is 1.81. The van der Waals surface area contributed by atoms with Gasteiger partial charge in [-0.15, -0.1) is 0 Å². The number of rotatable bonds is 9. The van der Waals surface area contributed by atoms with Crippen molar-refractivity contribution >= 4 is 29.0 Å².